The number of halogens is 1. The van der Waals surface area contributed by atoms with Crippen LogP contribution >= 0.6 is 11.6 Å². The van der Waals surface area contributed by atoms with Gasteiger partial charge in [-0.3, -0.25) is 4.79 Å². The fourth-order valence-corrected chi connectivity index (χ4v) is 6.24. The minimum atomic E-state index is -3.50. The molecule has 1 amide bonds. The van der Waals surface area contributed by atoms with E-state index in [2.05, 4.69) is 0 Å². The van der Waals surface area contributed by atoms with E-state index in [0.717, 1.165) is 11.1 Å². The van der Waals surface area contributed by atoms with Crippen LogP contribution in [-0.2, 0) is 33.7 Å². The Bertz CT molecular complexity index is 1150. The van der Waals surface area contributed by atoms with Gasteiger partial charge in [-0.2, -0.15) is 0 Å². The van der Waals surface area contributed by atoms with Crippen molar-refractivity contribution in [3.63, 3.8) is 0 Å². The largest absolute Gasteiger partial charge is 0.334 e. The van der Waals surface area contributed by atoms with Crippen LogP contribution in [0.4, 0.5) is 0 Å². The lowest BCUT2D eigenvalue weighted by molar-refractivity contribution is -0.138. The van der Waals surface area contributed by atoms with E-state index >= 15 is 0 Å². The minimum Gasteiger partial charge on any atom is -0.334 e. The van der Waals surface area contributed by atoms with Crippen molar-refractivity contribution in [2.24, 2.45) is 5.92 Å². The second kappa shape index (κ2) is 11.2. The maximum absolute atomic E-state index is 13.5. The highest BCUT2D eigenvalue weighted by molar-refractivity contribution is 7.88. The normalized spacial score (nSPS) is 15.2. The van der Waals surface area contributed by atoms with Crippen LogP contribution in [0, 0.1) is 5.92 Å². The molecular weight excluding hydrogens is 468 g/mol. The van der Waals surface area contributed by atoms with Crippen LogP contribution < -0.4 is 0 Å². The smallest absolute Gasteiger partial charge is 0.226 e. The van der Waals surface area contributed by atoms with E-state index in [4.69, 9.17) is 11.6 Å². The van der Waals surface area contributed by atoms with E-state index in [1.54, 1.807) is 24.3 Å². The number of benzene rings is 3. The SMILES string of the molecule is O=C(C1CCN(S(=O)(=O)Cc2ccccc2Cl)CC1)N(Cc1ccccc1)Cc1ccccc1. The van der Waals surface area contributed by atoms with Crippen molar-refractivity contribution >= 4 is 27.5 Å². The Labute approximate surface area is 207 Å². The molecule has 0 aromatic heterocycles. The second-order valence-corrected chi connectivity index (χ2v) is 11.1. The number of carbonyl (C=O) groups excluding carboxylic acids is 1. The summed E-state index contributed by atoms with van der Waals surface area (Å²) in [7, 11) is -3.50. The summed E-state index contributed by atoms with van der Waals surface area (Å²) in [5.74, 6) is -0.241. The molecule has 1 fully saturated rings. The highest BCUT2D eigenvalue weighted by Gasteiger charge is 2.33. The quantitative estimate of drug-likeness (QED) is 0.435. The molecule has 0 aliphatic carbocycles. The third-order valence-corrected chi connectivity index (χ3v) is 8.43. The van der Waals surface area contributed by atoms with Crippen LogP contribution in [-0.4, -0.2) is 36.6 Å². The molecule has 4 rings (SSSR count). The van der Waals surface area contributed by atoms with E-state index in [-0.39, 0.29) is 17.6 Å². The number of hydrogen-bond acceptors (Lipinski definition) is 3. The van der Waals surface area contributed by atoms with Gasteiger partial charge in [0.25, 0.3) is 0 Å². The van der Waals surface area contributed by atoms with Crippen LogP contribution in [0.3, 0.4) is 0 Å². The Morgan fingerprint density at radius 2 is 1.32 bits per heavy atom. The molecule has 0 radical (unpaired) electrons. The minimum absolute atomic E-state index is 0.0795. The van der Waals surface area contributed by atoms with Crippen LogP contribution in [0.5, 0.6) is 0 Å². The number of amides is 1. The lowest BCUT2D eigenvalue weighted by atomic mass is 9.96. The highest BCUT2D eigenvalue weighted by atomic mass is 35.5. The molecule has 0 saturated carbocycles. The average Bonchev–Trinajstić information content (AvgIpc) is 2.86. The zero-order valence-corrected chi connectivity index (χ0v) is 20.6. The number of hydrogen-bond donors (Lipinski definition) is 0. The molecule has 1 saturated heterocycles. The van der Waals surface area contributed by atoms with Crippen molar-refractivity contribution in [2.75, 3.05) is 13.1 Å². The van der Waals surface area contributed by atoms with Crippen molar-refractivity contribution in [1.29, 1.82) is 0 Å². The predicted molar refractivity (Wildman–Crippen MR) is 136 cm³/mol. The van der Waals surface area contributed by atoms with Gasteiger partial charge in [-0.25, -0.2) is 12.7 Å². The van der Waals surface area contributed by atoms with E-state index < -0.39 is 10.0 Å². The summed E-state index contributed by atoms with van der Waals surface area (Å²) < 4.78 is 27.4. The number of nitrogens with zero attached hydrogens (tertiary/aromatic N) is 2. The molecule has 178 valence electrons. The first-order chi connectivity index (χ1) is 16.4. The monoisotopic (exact) mass is 496 g/mol. The van der Waals surface area contributed by atoms with Gasteiger partial charge in [0.15, 0.2) is 0 Å². The summed E-state index contributed by atoms with van der Waals surface area (Å²) in [6.45, 7) is 1.74. The van der Waals surface area contributed by atoms with Gasteiger partial charge in [0, 0.05) is 37.1 Å². The number of piperidine rings is 1. The number of rotatable bonds is 8. The van der Waals surface area contributed by atoms with Crippen LogP contribution in [0.2, 0.25) is 5.02 Å². The summed E-state index contributed by atoms with van der Waals surface area (Å²) >= 11 is 6.17. The first kappa shape index (κ1) is 24.5. The standard InChI is InChI=1S/C27H29ClN2O3S/c28-26-14-8-7-13-25(26)21-34(32,33)30-17-15-24(16-18-30)27(31)29(19-22-9-3-1-4-10-22)20-23-11-5-2-6-12-23/h1-14,24H,15-21H2. The van der Waals surface area contributed by atoms with Crippen molar-refractivity contribution < 1.29 is 13.2 Å². The molecule has 5 nitrogen and oxygen atoms in total. The maximum atomic E-state index is 13.5. The molecule has 1 aliphatic rings. The second-order valence-electron chi connectivity index (χ2n) is 8.69. The third kappa shape index (κ3) is 6.26. The van der Waals surface area contributed by atoms with Gasteiger partial charge >= 0.3 is 0 Å². The van der Waals surface area contributed by atoms with Gasteiger partial charge in [-0.05, 0) is 35.6 Å². The first-order valence-electron chi connectivity index (χ1n) is 11.5. The molecule has 0 atom stereocenters. The predicted octanol–water partition coefficient (Wildman–Crippen LogP) is 5.11. The zero-order valence-electron chi connectivity index (χ0n) is 19.0. The van der Waals surface area contributed by atoms with Crippen molar-refractivity contribution in [1.82, 2.24) is 9.21 Å². The van der Waals surface area contributed by atoms with Crippen LogP contribution in [0.25, 0.3) is 0 Å². The molecule has 0 N–H and O–H groups in total. The summed E-state index contributed by atoms with van der Waals surface area (Å²) in [5.41, 5.74) is 2.75. The Balaban J connectivity index is 1.42. The average molecular weight is 497 g/mol. The van der Waals surface area contributed by atoms with E-state index in [0.29, 0.717) is 49.6 Å². The summed E-state index contributed by atoms with van der Waals surface area (Å²) in [5, 5.41) is 0.452. The summed E-state index contributed by atoms with van der Waals surface area (Å²) in [6.07, 6.45) is 1.03. The molecule has 3 aromatic rings. The van der Waals surface area contributed by atoms with Gasteiger partial charge in [-0.15, -0.1) is 0 Å². The number of sulfonamides is 1. The van der Waals surface area contributed by atoms with E-state index in [1.165, 1.54) is 4.31 Å². The highest BCUT2D eigenvalue weighted by Crippen LogP contribution is 2.26. The van der Waals surface area contributed by atoms with Gasteiger partial charge in [0.05, 0.1) is 5.75 Å². The van der Waals surface area contributed by atoms with Crippen LogP contribution in [0.15, 0.2) is 84.9 Å². The van der Waals surface area contributed by atoms with Gasteiger partial charge < -0.3 is 4.90 Å². The van der Waals surface area contributed by atoms with Crippen molar-refractivity contribution in [3.05, 3.63) is 107 Å². The van der Waals surface area contributed by atoms with Gasteiger partial charge in [0.1, 0.15) is 0 Å². The van der Waals surface area contributed by atoms with Crippen LogP contribution in [0.1, 0.15) is 29.5 Å². The third-order valence-electron chi connectivity index (χ3n) is 6.24. The Morgan fingerprint density at radius 3 is 1.85 bits per heavy atom. The molecule has 7 heteroatoms. The van der Waals surface area contributed by atoms with Crippen molar-refractivity contribution in [2.45, 2.75) is 31.7 Å². The molecular formula is C27H29ClN2O3S. The van der Waals surface area contributed by atoms with E-state index in [9.17, 15) is 13.2 Å². The summed E-state index contributed by atoms with van der Waals surface area (Å²) in [4.78, 5) is 15.4. The van der Waals surface area contributed by atoms with Crippen molar-refractivity contribution in [3.8, 4) is 0 Å². The fourth-order valence-electron chi connectivity index (χ4n) is 4.36. The van der Waals surface area contributed by atoms with Gasteiger partial charge in [-0.1, -0.05) is 90.5 Å². The molecule has 1 heterocycles. The first-order valence-corrected chi connectivity index (χ1v) is 13.5. The molecule has 1 aliphatic heterocycles. The maximum Gasteiger partial charge on any atom is 0.226 e. The molecule has 3 aromatic carbocycles. The molecule has 0 spiro atoms. The van der Waals surface area contributed by atoms with Gasteiger partial charge in [0.2, 0.25) is 15.9 Å². The zero-order chi connectivity index (χ0) is 24.0. The fraction of sp³-hybridized carbons (Fsp3) is 0.296. The number of carbonyl (C=O) groups is 1. The topological polar surface area (TPSA) is 57.7 Å². The molecule has 0 bridgehead atoms. The Morgan fingerprint density at radius 1 is 0.824 bits per heavy atom. The molecule has 0 unspecified atom stereocenters. The lowest BCUT2D eigenvalue weighted by Gasteiger charge is -2.34. The van der Waals surface area contributed by atoms with E-state index in [1.807, 2.05) is 65.6 Å². The Kier molecular flexibility index (Phi) is 8.03. The summed E-state index contributed by atoms with van der Waals surface area (Å²) in [6, 6.07) is 26.9. The molecule has 34 heavy (non-hydrogen) atoms. The lowest BCUT2D eigenvalue weighted by Crippen LogP contribution is -2.44. The Hall–Kier alpha value is -2.67.